The molecule has 4 amide bonds. The number of hydroxylamine groups is 5. The third-order valence-corrected chi connectivity index (χ3v) is 9.96. The minimum atomic E-state index is -1.47. The van der Waals surface area contributed by atoms with Crippen LogP contribution in [-0.2, 0) is 43.6 Å². The summed E-state index contributed by atoms with van der Waals surface area (Å²) >= 11 is 2.55. The number of ether oxygens (including phenoxy) is 2. The summed E-state index contributed by atoms with van der Waals surface area (Å²) in [5.41, 5.74) is 1.06. The number of hydrogen-bond acceptors (Lipinski definition) is 11. The number of quaternary nitrogens is 1. The van der Waals surface area contributed by atoms with Crippen LogP contribution in [0.15, 0.2) is 77.3 Å². The molecule has 48 heavy (non-hydrogen) atoms. The minimum Gasteiger partial charge on any atom is -0.497 e. The van der Waals surface area contributed by atoms with Crippen LogP contribution in [0.4, 0.5) is 9.59 Å². The summed E-state index contributed by atoms with van der Waals surface area (Å²) in [6, 6.07) is 15.9. The molecule has 1 saturated heterocycles. The molecule has 1 aromatic heterocycles. The molecule has 3 heterocycles. The van der Waals surface area contributed by atoms with E-state index >= 15 is 0 Å². The number of nitrogens with one attached hydrogen (secondary N) is 2. The van der Waals surface area contributed by atoms with Gasteiger partial charge >= 0.3 is 24.1 Å². The number of thiophene rings is 1. The predicted octanol–water partition coefficient (Wildman–Crippen LogP) is 3.98. The standard InChI is InChI=1S/C32H32N4O10S2/c1-19-18-48-29-26(34-25(37)15-24-5-4-14-47-24)28(38)36(29,27(19)30(39)40)46-32(42)35(17-21-8-12-23(44-3)13-9-21)45-31(41)33-16-20-6-10-22(43-2)11-7-20/h4-14,26,29H,15-18H2,1-3H3,(H2-,33,34,37,39,40,41)/p+1/t26?,29-,36?/m0/s1. The van der Waals surface area contributed by atoms with Crippen molar-refractivity contribution < 1.29 is 52.9 Å². The number of aliphatic carboxylic acids is 1. The lowest BCUT2D eigenvalue weighted by Crippen LogP contribution is -2.81. The lowest BCUT2D eigenvalue weighted by atomic mass is 10.0. The number of β-lactam (4-membered cyclic amide) rings is 1. The normalized spacial score (nSPS) is 19.7. The third-order valence-electron chi connectivity index (χ3n) is 7.58. The molecule has 252 valence electrons. The summed E-state index contributed by atoms with van der Waals surface area (Å²) in [7, 11) is 3.03. The van der Waals surface area contributed by atoms with Gasteiger partial charge in [0.25, 0.3) is 5.70 Å². The summed E-state index contributed by atoms with van der Waals surface area (Å²) in [6.45, 7) is 1.25. The molecular formula is C32H33N4O10S2+. The molecule has 0 saturated carbocycles. The molecule has 0 bridgehead atoms. The summed E-state index contributed by atoms with van der Waals surface area (Å²) in [5, 5.41) is 16.8. The first-order chi connectivity index (χ1) is 23.0. The smallest absolute Gasteiger partial charge is 0.497 e. The molecular weight excluding hydrogens is 665 g/mol. The lowest BCUT2D eigenvalue weighted by Gasteiger charge is -2.50. The summed E-state index contributed by atoms with van der Waals surface area (Å²) < 4.78 is 9.01. The van der Waals surface area contributed by atoms with Gasteiger partial charge < -0.3 is 30.1 Å². The Kier molecular flexibility index (Phi) is 10.6. The van der Waals surface area contributed by atoms with Gasteiger partial charge in [-0.05, 0) is 58.4 Å². The van der Waals surface area contributed by atoms with Gasteiger partial charge in [-0.2, -0.15) is 0 Å². The second-order valence-electron chi connectivity index (χ2n) is 10.8. The van der Waals surface area contributed by atoms with E-state index in [9.17, 15) is 29.1 Å². The molecule has 5 rings (SSSR count). The Labute approximate surface area is 283 Å². The molecule has 0 aliphatic carbocycles. The molecule has 2 unspecified atom stereocenters. The zero-order valence-electron chi connectivity index (χ0n) is 26.2. The van der Waals surface area contributed by atoms with Gasteiger partial charge in [0, 0.05) is 22.7 Å². The summed E-state index contributed by atoms with van der Waals surface area (Å²) in [5.74, 6) is -1.38. The highest BCUT2D eigenvalue weighted by atomic mass is 32.2. The van der Waals surface area contributed by atoms with E-state index in [2.05, 4.69) is 10.6 Å². The predicted molar refractivity (Wildman–Crippen MR) is 173 cm³/mol. The number of amides is 4. The van der Waals surface area contributed by atoms with Crippen molar-refractivity contribution in [1.82, 2.24) is 15.7 Å². The molecule has 1 fully saturated rings. The third kappa shape index (κ3) is 7.25. The molecule has 2 aromatic carbocycles. The molecule has 0 spiro atoms. The topological polar surface area (TPSA) is 170 Å². The Morgan fingerprint density at radius 3 is 2.21 bits per heavy atom. The van der Waals surface area contributed by atoms with Gasteiger partial charge in [-0.15, -0.1) is 16.4 Å². The summed E-state index contributed by atoms with van der Waals surface area (Å²) in [4.78, 5) is 77.9. The number of carboxylic acids is 1. The monoisotopic (exact) mass is 697 g/mol. The lowest BCUT2D eigenvalue weighted by molar-refractivity contribution is -1.02. The van der Waals surface area contributed by atoms with Crippen molar-refractivity contribution >= 4 is 53.1 Å². The van der Waals surface area contributed by atoms with Crippen LogP contribution in [0.25, 0.3) is 0 Å². The van der Waals surface area contributed by atoms with Crippen LogP contribution in [0.2, 0.25) is 0 Å². The van der Waals surface area contributed by atoms with E-state index in [0.717, 1.165) is 4.88 Å². The Balaban J connectivity index is 1.38. The molecule has 3 N–H and O–H groups in total. The van der Waals surface area contributed by atoms with Crippen molar-refractivity contribution in [2.24, 2.45) is 0 Å². The fourth-order valence-corrected chi connectivity index (χ4v) is 7.33. The first kappa shape index (κ1) is 34.3. The van der Waals surface area contributed by atoms with Gasteiger partial charge in [-0.3, -0.25) is 4.79 Å². The van der Waals surface area contributed by atoms with Crippen LogP contribution in [0.5, 0.6) is 11.5 Å². The Bertz CT molecular complexity index is 1710. The molecule has 0 radical (unpaired) electrons. The Morgan fingerprint density at radius 1 is 0.979 bits per heavy atom. The van der Waals surface area contributed by atoms with E-state index in [1.165, 1.54) is 44.2 Å². The van der Waals surface area contributed by atoms with Crippen molar-refractivity contribution in [2.75, 3.05) is 20.0 Å². The fourth-order valence-electron chi connectivity index (χ4n) is 5.23. The zero-order valence-corrected chi connectivity index (χ0v) is 27.8. The number of carbonyl (C=O) groups excluding carboxylic acids is 4. The first-order valence-electron chi connectivity index (χ1n) is 14.6. The van der Waals surface area contributed by atoms with Crippen molar-refractivity contribution in [1.29, 1.82) is 0 Å². The quantitative estimate of drug-likeness (QED) is 0.151. The number of benzene rings is 2. The SMILES string of the molecule is COc1ccc(CNC(=O)ON(Cc2ccc(OC)cc2)C(=O)O[N+]23C(=O)C(NC(=O)Cc4cccs4)[C@@H]2SCC(C)=C3C(=O)O)cc1. The van der Waals surface area contributed by atoms with E-state index in [1.54, 1.807) is 60.7 Å². The Morgan fingerprint density at radius 2 is 1.62 bits per heavy atom. The number of rotatable bonds is 11. The molecule has 2 aliphatic heterocycles. The maximum atomic E-state index is 13.8. The highest BCUT2D eigenvalue weighted by molar-refractivity contribution is 8.00. The first-order valence-corrected chi connectivity index (χ1v) is 16.5. The maximum Gasteiger partial charge on any atom is 0.498 e. The van der Waals surface area contributed by atoms with Crippen molar-refractivity contribution in [2.45, 2.75) is 37.8 Å². The zero-order chi connectivity index (χ0) is 34.4. The largest absolute Gasteiger partial charge is 0.498 e. The van der Waals surface area contributed by atoms with Crippen molar-refractivity contribution in [3.63, 3.8) is 0 Å². The average Bonchev–Trinajstić information content (AvgIpc) is 3.59. The van der Waals surface area contributed by atoms with Crippen molar-refractivity contribution in [3.8, 4) is 11.5 Å². The van der Waals surface area contributed by atoms with E-state index < -0.39 is 51.7 Å². The van der Waals surface area contributed by atoms with Crippen molar-refractivity contribution in [3.05, 3.63) is 93.3 Å². The second-order valence-corrected chi connectivity index (χ2v) is 12.9. The molecule has 14 nitrogen and oxygen atoms in total. The van der Waals surface area contributed by atoms with Gasteiger partial charge in [-0.25, -0.2) is 24.0 Å². The highest BCUT2D eigenvalue weighted by Crippen LogP contribution is 2.48. The van der Waals surface area contributed by atoms with Gasteiger partial charge in [0.2, 0.25) is 17.3 Å². The number of carbonyl (C=O) groups is 5. The van der Waals surface area contributed by atoms with Crippen LogP contribution >= 0.6 is 23.1 Å². The number of thioether (sulfide) groups is 1. The average molecular weight is 698 g/mol. The van der Waals surface area contributed by atoms with Crippen LogP contribution in [0.3, 0.4) is 0 Å². The van der Waals surface area contributed by atoms with Gasteiger partial charge in [-0.1, -0.05) is 42.1 Å². The number of hydrogen-bond donors (Lipinski definition) is 3. The molecule has 16 heteroatoms. The molecule has 3 atom stereocenters. The second kappa shape index (κ2) is 14.8. The van der Waals surface area contributed by atoms with Crippen LogP contribution in [0.1, 0.15) is 22.9 Å². The summed E-state index contributed by atoms with van der Waals surface area (Å²) in [6.07, 6.45) is -2.30. The van der Waals surface area contributed by atoms with E-state index in [0.29, 0.717) is 33.3 Å². The van der Waals surface area contributed by atoms with Gasteiger partial charge in [0.1, 0.15) is 11.5 Å². The minimum absolute atomic E-state index is 0.0222. The Hall–Kier alpha value is -5.06. The number of methoxy groups -OCH3 is 2. The van der Waals surface area contributed by atoms with E-state index in [4.69, 9.17) is 19.1 Å². The van der Waals surface area contributed by atoms with Gasteiger partial charge in [0.15, 0.2) is 0 Å². The molecule has 3 aromatic rings. The van der Waals surface area contributed by atoms with Gasteiger partial charge in [0.05, 0.1) is 27.2 Å². The number of fused-ring (bicyclic) bond motifs is 1. The molecule has 2 aliphatic rings. The van der Waals surface area contributed by atoms with E-state index in [-0.39, 0.29) is 25.3 Å². The highest BCUT2D eigenvalue weighted by Gasteiger charge is 2.75. The van der Waals surface area contributed by atoms with Crippen LogP contribution in [-0.4, -0.2) is 76.2 Å². The number of nitrogens with zero attached hydrogens (tertiary/aromatic N) is 2. The van der Waals surface area contributed by atoms with E-state index in [1.807, 2.05) is 5.38 Å². The fraction of sp³-hybridized carbons (Fsp3) is 0.281. The van der Waals surface area contributed by atoms with Crippen LogP contribution < -0.4 is 20.1 Å². The maximum absolute atomic E-state index is 13.8. The number of carboxylic acid groups (broad SMARTS) is 1. The van der Waals surface area contributed by atoms with Crippen LogP contribution in [0, 0.1) is 0 Å².